The van der Waals surface area contributed by atoms with Crippen LogP contribution in [-0.2, 0) is 0 Å². The molecule has 0 radical (unpaired) electrons. The first kappa shape index (κ1) is 19.5. The van der Waals surface area contributed by atoms with Crippen molar-refractivity contribution in [1.82, 2.24) is 10.4 Å². The highest BCUT2D eigenvalue weighted by atomic mass is 79.9. The number of para-hydroxylation sites is 1. The van der Waals surface area contributed by atoms with Crippen LogP contribution in [0.25, 0.3) is 22.2 Å². The van der Waals surface area contributed by atoms with Gasteiger partial charge in [0.25, 0.3) is 5.91 Å². The van der Waals surface area contributed by atoms with Crippen LogP contribution in [0.4, 0.5) is 0 Å². The van der Waals surface area contributed by atoms with Crippen LogP contribution >= 0.6 is 27.3 Å². The second-order valence-electron chi connectivity index (χ2n) is 6.68. The Balaban J connectivity index is 1.71. The molecule has 0 saturated heterocycles. The fraction of sp³-hybridized carbons (Fsp3) is 0.0870. The molecule has 0 bridgehead atoms. The molecule has 0 aliphatic carbocycles. The predicted octanol–water partition coefficient (Wildman–Crippen LogP) is 6.19. The molecule has 4 rings (SSSR count). The van der Waals surface area contributed by atoms with Crippen LogP contribution in [0, 0.1) is 6.92 Å². The zero-order valence-corrected chi connectivity index (χ0v) is 18.3. The van der Waals surface area contributed by atoms with E-state index in [2.05, 4.69) is 26.5 Å². The number of aromatic nitrogens is 1. The van der Waals surface area contributed by atoms with Crippen LogP contribution in [0.3, 0.4) is 0 Å². The Labute approximate surface area is 181 Å². The van der Waals surface area contributed by atoms with Gasteiger partial charge in [0.05, 0.1) is 31.1 Å². The fourth-order valence-corrected chi connectivity index (χ4v) is 4.33. The van der Waals surface area contributed by atoms with Gasteiger partial charge in [-0.1, -0.05) is 48.0 Å². The SMILES string of the molecule is C/C(=N\NC(=O)c1cc(-c2ccc(C)cc2)nc2ccccc12)c1ccc(Br)s1. The number of nitrogens with one attached hydrogen (secondary N) is 1. The topological polar surface area (TPSA) is 54.4 Å². The van der Waals surface area contributed by atoms with Gasteiger partial charge in [-0.15, -0.1) is 11.3 Å². The molecule has 0 aliphatic heterocycles. The maximum atomic E-state index is 13.0. The first-order chi connectivity index (χ1) is 14.0. The highest BCUT2D eigenvalue weighted by Gasteiger charge is 2.14. The number of fused-ring (bicyclic) bond motifs is 1. The Morgan fingerprint density at radius 3 is 2.55 bits per heavy atom. The number of benzene rings is 2. The van der Waals surface area contributed by atoms with Crippen molar-refractivity contribution in [2.45, 2.75) is 13.8 Å². The van der Waals surface area contributed by atoms with E-state index in [1.807, 2.05) is 80.6 Å². The molecule has 29 heavy (non-hydrogen) atoms. The number of thiophene rings is 1. The Morgan fingerprint density at radius 1 is 1.07 bits per heavy atom. The van der Waals surface area contributed by atoms with E-state index in [0.29, 0.717) is 5.56 Å². The molecule has 0 atom stereocenters. The lowest BCUT2D eigenvalue weighted by atomic mass is 10.0. The van der Waals surface area contributed by atoms with Crippen LogP contribution in [0.1, 0.15) is 27.7 Å². The number of hydrogen-bond acceptors (Lipinski definition) is 4. The van der Waals surface area contributed by atoms with E-state index in [1.54, 1.807) is 11.3 Å². The highest BCUT2D eigenvalue weighted by molar-refractivity contribution is 9.11. The van der Waals surface area contributed by atoms with Gasteiger partial charge in [-0.3, -0.25) is 4.79 Å². The molecule has 1 N–H and O–H groups in total. The lowest BCUT2D eigenvalue weighted by molar-refractivity contribution is 0.0956. The minimum Gasteiger partial charge on any atom is -0.267 e. The highest BCUT2D eigenvalue weighted by Crippen LogP contribution is 2.25. The van der Waals surface area contributed by atoms with Crippen LogP contribution in [0.2, 0.25) is 0 Å². The maximum absolute atomic E-state index is 13.0. The summed E-state index contributed by atoms with van der Waals surface area (Å²) in [5.74, 6) is -0.257. The number of halogens is 1. The Bertz CT molecular complexity index is 1230. The summed E-state index contributed by atoms with van der Waals surface area (Å²) in [4.78, 5) is 18.7. The number of carbonyl (C=O) groups is 1. The molecule has 4 nitrogen and oxygen atoms in total. The molecule has 0 fully saturated rings. The fourth-order valence-electron chi connectivity index (χ4n) is 2.99. The number of aryl methyl sites for hydroxylation is 1. The first-order valence-corrected chi connectivity index (χ1v) is 10.7. The summed E-state index contributed by atoms with van der Waals surface area (Å²) in [7, 11) is 0. The Hall–Kier alpha value is -2.83. The number of carbonyl (C=O) groups excluding carboxylic acids is 1. The molecule has 0 spiro atoms. The lowest BCUT2D eigenvalue weighted by Gasteiger charge is -2.09. The molecular formula is C23H18BrN3OS. The average molecular weight is 464 g/mol. The van der Waals surface area contributed by atoms with E-state index in [0.717, 1.165) is 36.5 Å². The van der Waals surface area contributed by atoms with Crippen LogP contribution in [0.15, 0.2) is 75.6 Å². The van der Waals surface area contributed by atoms with Crippen molar-refractivity contribution in [3.05, 3.63) is 86.5 Å². The molecule has 1 amide bonds. The van der Waals surface area contributed by atoms with Crippen LogP contribution in [-0.4, -0.2) is 16.6 Å². The number of rotatable bonds is 4. The molecule has 0 unspecified atom stereocenters. The molecule has 2 aromatic carbocycles. The number of hydrazone groups is 1. The summed E-state index contributed by atoms with van der Waals surface area (Å²) in [6.07, 6.45) is 0. The van der Waals surface area contributed by atoms with E-state index >= 15 is 0 Å². The summed E-state index contributed by atoms with van der Waals surface area (Å²) >= 11 is 5.02. The summed E-state index contributed by atoms with van der Waals surface area (Å²) in [6.45, 7) is 3.92. The molecule has 4 aromatic rings. The van der Waals surface area contributed by atoms with E-state index in [9.17, 15) is 4.79 Å². The summed E-state index contributed by atoms with van der Waals surface area (Å²) in [5, 5.41) is 5.09. The molecule has 6 heteroatoms. The first-order valence-electron chi connectivity index (χ1n) is 9.08. The van der Waals surface area contributed by atoms with Crippen molar-refractivity contribution in [3.8, 4) is 11.3 Å². The van der Waals surface area contributed by atoms with Gasteiger partial charge in [-0.2, -0.15) is 5.10 Å². The maximum Gasteiger partial charge on any atom is 0.272 e. The quantitative estimate of drug-likeness (QED) is 0.289. The van der Waals surface area contributed by atoms with Crippen molar-refractivity contribution >= 4 is 49.8 Å². The number of nitrogens with zero attached hydrogens (tertiary/aromatic N) is 2. The lowest BCUT2D eigenvalue weighted by Crippen LogP contribution is -2.19. The predicted molar refractivity (Wildman–Crippen MR) is 124 cm³/mol. The molecule has 2 heterocycles. The molecule has 0 aliphatic rings. The van der Waals surface area contributed by atoms with Crippen molar-refractivity contribution in [2.75, 3.05) is 0 Å². The van der Waals surface area contributed by atoms with E-state index < -0.39 is 0 Å². The number of hydrogen-bond donors (Lipinski definition) is 1. The second kappa shape index (κ2) is 8.27. The molecule has 2 aromatic heterocycles. The van der Waals surface area contributed by atoms with Crippen molar-refractivity contribution in [1.29, 1.82) is 0 Å². The largest absolute Gasteiger partial charge is 0.272 e. The van der Waals surface area contributed by atoms with Gasteiger partial charge >= 0.3 is 0 Å². The van der Waals surface area contributed by atoms with Gasteiger partial charge in [0, 0.05) is 10.9 Å². The van der Waals surface area contributed by atoms with Gasteiger partial charge < -0.3 is 0 Å². The molecular weight excluding hydrogens is 446 g/mol. The van der Waals surface area contributed by atoms with Crippen molar-refractivity contribution in [2.24, 2.45) is 5.10 Å². The zero-order chi connectivity index (χ0) is 20.4. The summed E-state index contributed by atoms with van der Waals surface area (Å²) < 4.78 is 1.02. The number of pyridine rings is 1. The minimum absolute atomic E-state index is 0.257. The monoisotopic (exact) mass is 463 g/mol. The van der Waals surface area contributed by atoms with E-state index in [1.165, 1.54) is 5.56 Å². The smallest absolute Gasteiger partial charge is 0.267 e. The van der Waals surface area contributed by atoms with Gasteiger partial charge in [0.1, 0.15) is 0 Å². The third-order valence-electron chi connectivity index (χ3n) is 4.56. The summed E-state index contributed by atoms with van der Waals surface area (Å²) in [5.41, 5.74) is 7.69. The van der Waals surface area contributed by atoms with Gasteiger partial charge in [0.2, 0.25) is 0 Å². The Kier molecular flexibility index (Phi) is 5.56. The zero-order valence-electron chi connectivity index (χ0n) is 15.9. The third-order valence-corrected chi connectivity index (χ3v) is 6.30. The van der Waals surface area contributed by atoms with Crippen molar-refractivity contribution < 1.29 is 4.79 Å². The normalized spacial score (nSPS) is 11.6. The van der Waals surface area contributed by atoms with Crippen LogP contribution in [0.5, 0.6) is 0 Å². The number of amides is 1. The summed E-state index contributed by atoms with van der Waals surface area (Å²) in [6, 6.07) is 21.5. The van der Waals surface area contributed by atoms with Gasteiger partial charge in [-0.25, -0.2) is 10.4 Å². The van der Waals surface area contributed by atoms with Gasteiger partial charge in [0.15, 0.2) is 0 Å². The van der Waals surface area contributed by atoms with E-state index in [-0.39, 0.29) is 5.91 Å². The Morgan fingerprint density at radius 2 is 1.83 bits per heavy atom. The molecule has 0 saturated carbocycles. The standard InChI is InChI=1S/C23H18BrN3OS/c1-14-7-9-16(10-8-14)20-13-18(17-5-3-4-6-19(17)25-20)23(28)27-26-15(2)21-11-12-22(24)29-21/h3-13H,1-2H3,(H,27,28)/b26-15+. The van der Waals surface area contributed by atoms with E-state index in [4.69, 9.17) is 4.98 Å². The second-order valence-corrected chi connectivity index (χ2v) is 9.14. The van der Waals surface area contributed by atoms with Gasteiger partial charge in [-0.05, 0) is 54.0 Å². The average Bonchev–Trinajstić information content (AvgIpc) is 3.18. The third kappa shape index (κ3) is 4.28. The molecule has 144 valence electrons. The minimum atomic E-state index is -0.257. The van der Waals surface area contributed by atoms with Crippen LogP contribution < -0.4 is 5.43 Å². The van der Waals surface area contributed by atoms with Crippen molar-refractivity contribution in [3.63, 3.8) is 0 Å².